The van der Waals surface area contributed by atoms with Crippen molar-refractivity contribution in [2.45, 2.75) is 6.10 Å². The molecule has 1 unspecified atom stereocenters. The maximum Gasteiger partial charge on any atom is 0.123 e. The Morgan fingerprint density at radius 1 is 1.60 bits per heavy atom. The minimum atomic E-state index is -0.101. The van der Waals surface area contributed by atoms with E-state index in [1.165, 1.54) is 0 Å². The number of nitrogens with two attached hydrogens (primary N) is 1. The molecule has 1 aromatic heterocycles. The third kappa shape index (κ3) is 2.37. The van der Waals surface area contributed by atoms with Crippen molar-refractivity contribution in [2.24, 2.45) is 0 Å². The van der Waals surface area contributed by atoms with Gasteiger partial charge in [0.25, 0.3) is 0 Å². The van der Waals surface area contributed by atoms with E-state index in [9.17, 15) is 0 Å². The molecule has 0 aromatic carbocycles. The first-order valence-corrected chi connectivity index (χ1v) is 4.98. The largest absolute Gasteiger partial charge is 0.394 e. The molecule has 1 fully saturated rings. The van der Waals surface area contributed by atoms with Crippen molar-refractivity contribution in [3.63, 3.8) is 0 Å². The summed E-state index contributed by atoms with van der Waals surface area (Å²) in [5, 5.41) is 9.01. The normalized spacial score (nSPS) is 21.7. The maximum absolute atomic E-state index is 9.01. The second-order valence-electron chi connectivity index (χ2n) is 3.56. The van der Waals surface area contributed by atoms with Crippen LogP contribution < -0.4 is 10.6 Å². The van der Waals surface area contributed by atoms with E-state index in [1.807, 2.05) is 6.07 Å². The molecule has 0 radical (unpaired) electrons. The highest BCUT2D eigenvalue weighted by Crippen LogP contribution is 2.17. The van der Waals surface area contributed by atoms with E-state index in [0.717, 1.165) is 12.2 Å². The van der Waals surface area contributed by atoms with Crippen LogP contribution in [-0.4, -0.2) is 42.5 Å². The Bertz CT molecular complexity index is 315. The number of morpholine rings is 1. The monoisotopic (exact) mass is 209 g/mol. The van der Waals surface area contributed by atoms with Gasteiger partial charge in [0.1, 0.15) is 5.82 Å². The number of aliphatic hydroxyl groups excluding tert-OH is 1. The van der Waals surface area contributed by atoms with Gasteiger partial charge in [0.15, 0.2) is 0 Å². The standard InChI is InChI=1S/C10H15N3O2/c11-10-2-1-8(5-12-10)13-3-4-15-9(6-13)7-14/h1-2,5,9,14H,3-4,6-7H2,(H2,11,12). The number of pyridine rings is 1. The molecule has 0 spiro atoms. The Morgan fingerprint density at radius 3 is 3.13 bits per heavy atom. The molecule has 1 atom stereocenters. The van der Waals surface area contributed by atoms with Crippen LogP contribution in [0.5, 0.6) is 0 Å². The Kier molecular flexibility index (Phi) is 3.03. The number of anilines is 2. The summed E-state index contributed by atoms with van der Waals surface area (Å²) in [5.74, 6) is 0.519. The molecule has 1 aliphatic heterocycles. The molecule has 15 heavy (non-hydrogen) atoms. The Morgan fingerprint density at radius 2 is 2.47 bits per heavy atom. The van der Waals surface area contributed by atoms with Crippen LogP contribution in [-0.2, 0) is 4.74 Å². The van der Waals surface area contributed by atoms with E-state index in [0.29, 0.717) is 19.0 Å². The van der Waals surface area contributed by atoms with Gasteiger partial charge in [-0.2, -0.15) is 0 Å². The zero-order valence-corrected chi connectivity index (χ0v) is 8.47. The van der Waals surface area contributed by atoms with E-state index in [1.54, 1.807) is 12.3 Å². The van der Waals surface area contributed by atoms with E-state index in [4.69, 9.17) is 15.6 Å². The summed E-state index contributed by atoms with van der Waals surface area (Å²) in [6.07, 6.45) is 1.64. The zero-order chi connectivity index (χ0) is 10.7. The van der Waals surface area contributed by atoms with E-state index >= 15 is 0 Å². The zero-order valence-electron chi connectivity index (χ0n) is 8.47. The van der Waals surface area contributed by atoms with Crippen molar-refractivity contribution >= 4 is 11.5 Å². The van der Waals surface area contributed by atoms with Crippen LogP contribution in [0.4, 0.5) is 11.5 Å². The maximum atomic E-state index is 9.01. The van der Waals surface area contributed by atoms with Crippen LogP contribution in [0.3, 0.4) is 0 Å². The fourth-order valence-corrected chi connectivity index (χ4v) is 1.65. The van der Waals surface area contributed by atoms with Crippen LogP contribution in [0.25, 0.3) is 0 Å². The Labute approximate surface area is 88.5 Å². The van der Waals surface area contributed by atoms with Gasteiger partial charge in [0, 0.05) is 13.1 Å². The minimum Gasteiger partial charge on any atom is -0.394 e. The third-order valence-corrected chi connectivity index (χ3v) is 2.48. The smallest absolute Gasteiger partial charge is 0.123 e. The lowest BCUT2D eigenvalue weighted by atomic mass is 10.2. The molecule has 1 saturated heterocycles. The SMILES string of the molecule is Nc1ccc(N2CCOC(CO)C2)cn1. The minimum absolute atomic E-state index is 0.0545. The average molecular weight is 209 g/mol. The van der Waals surface area contributed by atoms with E-state index in [2.05, 4.69) is 9.88 Å². The summed E-state index contributed by atoms with van der Waals surface area (Å²) in [6.45, 7) is 2.21. The fourth-order valence-electron chi connectivity index (χ4n) is 1.65. The second-order valence-corrected chi connectivity index (χ2v) is 3.56. The molecule has 0 bridgehead atoms. The van der Waals surface area contributed by atoms with Gasteiger partial charge in [-0.05, 0) is 12.1 Å². The van der Waals surface area contributed by atoms with Gasteiger partial charge >= 0.3 is 0 Å². The molecule has 1 aromatic rings. The van der Waals surface area contributed by atoms with Crippen molar-refractivity contribution in [3.8, 4) is 0 Å². The fraction of sp³-hybridized carbons (Fsp3) is 0.500. The van der Waals surface area contributed by atoms with Crippen LogP contribution in [0.1, 0.15) is 0 Å². The second kappa shape index (κ2) is 4.46. The van der Waals surface area contributed by atoms with Gasteiger partial charge in [0.2, 0.25) is 0 Å². The molecule has 1 aliphatic rings. The number of rotatable bonds is 2. The van der Waals surface area contributed by atoms with Crippen LogP contribution in [0.15, 0.2) is 18.3 Å². The number of nitrogen functional groups attached to an aromatic ring is 1. The predicted octanol–water partition coefficient (Wildman–Crippen LogP) is -0.139. The van der Waals surface area contributed by atoms with Gasteiger partial charge < -0.3 is 20.5 Å². The van der Waals surface area contributed by atoms with Crippen molar-refractivity contribution in [2.75, 3.05) is 36.9 Å². The predicted molar refractivity (Wildman–Crippen MR) is 57.7 cm³/mol. The summed E-state index contributed by atoms with van der Waals surface area (Å²) in [6, 6.07) is 3.71. The quantitative estimate of drug-likeness (QED) is 0.709. The molecule has 82 valence electrons. The average Bonchev–Trinajstić information content (AvgIpc) is 2.30. The Balaban J connectivity index is 2.06. The lowest BCUT2D eigenvalue weighted by Crippen LogP contribution is -2.44. The molecular formula is C10H15N3O2. The number of hydrogen-bond acceptors (Lipinski definition) is 5. The van der Waals surface area contributed by atoms with E-state index < -0.39 is 0 Å². The summed E-state index contributed by atoms with van der Waals surface area (Å²) in [5.41, 5.74) is 6.53. The molecule has 2 heterocycles. The first-order valence-electron chi connectivity index (χ1n) is 4.98. The van der Waals surface area contributed by atoms with Gasteiger partial charge in [-0.1, -0.05) is 0 Å². The van der Waals surface area contributed by atoms with Crippen molar-refractivity contribution in [3.05, 3.63) is 18.3 Å². The van der Waals surface area contributed by atoms with Crippen LogP contribution in [0, 0.1) is 0 Å². The number of aliphatic hydroxyl groups is 1. The van der Waals surface area contributed by atoms with Gasteiger partial charge in [-0.3, -0.25) is 0 Å². The summed E-state index contributed by atoms with van der Waals surface area (Å²) in [7, 11) is 0. The lowest BCUT2D eigenvalue weighted by molar-refractivity contribution is 0.00355. The highest BCUT2D eigenvalue weighted by atomic mass is 16.5. The number of ether oxygens (including phenoxy) is 1. The van der Waals surface area contributed by atoms with Crippen molar-refractivity contribution < 1.29 is 9.84 Å². The van der Waals surface area contributed by atoms with Gasteiger partial charge in [0.05, 0.1) is 31.2 Å². The molecule has 0 saturated carbocycles. The molecule has 3 N–H and O–H groups in total. The molecule has 5 nitrogen and oxygen atoms in total. The topological polar surface area (TPSA) is 71.6 Å². The van der Waals surface area contributed by atoms with Crippen LogP contribution in [0.2, 0.25) is 0 Å². The van der Waals surface area contributed by atoms with Gasteiger partial charge in [-0.15, -0.1) is 0 Å². The summed E-state index contributed by atoms with van der Waals surface area (Å²) >= 11 is 0. The Hall–Kier alpha value is -1.33. The van der Waals surface area contributed by atoms with Gasteiger partial charge in [-0.25, -0.2) is 4.98 Å². The number of aromatic nitrogens is 1. The molecular weight excluding hydrogens is 194 g/mol. The molecule has 5 heteroatoms. The van der Waals surface area contributed by atoms with E-state index in [-0.39, 0.29) is 12.7 Å². The first kappa shape index (κ1) is 10.2. The van der Waals surface area contributed by atoms with Crippen molar-refractivity contribution in [1.29, 1.82) is 0 Å². The highest BCUT2D eigenvalue weighted by Gasteiger charge is 2.19. The lowest BCUT2D eigenvalue weighted by Gasteiger charge is -2.33. The summed E-state index contributed by atoms with van der Waals surface area (Å²) in [4.78, 5) is 6.17. The van der Waals surface area contributed by atoms with Crippen molar-refractivity contribution in [1.82, 2.24) is 4.98 Å². The summed E-state index contributed by atoms with van der Waals surface area (Å²) < 4.78 is 5.37. The molecule has 0 aliphatic carbocycles. The number of hydrogen-bond donors (Lipinski definition) is 2. The van der Waals surface area contributed by atoms with Crippen LogP contribution >= 0.6 is 0 Å². The number of nitrogens with zero attached hydrogens (tertiary/aromatic N) is 2. The first-order chi connectivity index (χ1) is 7.29. The highest BCUT2D eigenvalue weighted by molar-refractivity contribution is 5.48. The molecule has 2 rings (SSSR count). The molecule has 0 amide bonds. The third-order valence-electron chi connectivity index (χ3n) is 2.48.